The van der Waals surface area contributed by atoms with Crippen LogP contribution in [0, 0.1) is 10.1 Å². The Kier molecular flexibility index (Phi) is 7.33. The molecule has 1 amide bonds. The summed E-state index contributed by atoms with van der Waals surface area (Å²) in [6.45, 7) is 3.08. The van der Waals surface area contributed by atoms with Gasteiger partial charge in [0.15, 0.2) is 16.6 Å². The maximum Gasteiger partial charge on any atom is 0.269 e. The lowest BCUT2D eigenvalue weighted by Gasteiger charge is -2.15. The first kappa shape index (κ1) is 23.6. The molecule has 34 heavy (non-hydrogen) atoms. The quantitative estimate of drug-likeness (QED) is 0.119. The van der Waals surface area contributed by atoms with E-state index in [4.69, 9.17) is 14.7 Å². The second-order valence-corrected chi connectivity index (χ2v) is 8.71. The van der Waals surface area contributed by atoms with E-state index < -0.39 is 4.92 Å². The summed E-state index contributed by atoms with van der Waals surface area (Å²) >= 11 is 1.34. The van der Waals surface area contributed by atoms with Crippen molar-refractivity contribution < 1.29 is 14.5 Å². The molecule has 4 aromatic rings. The number of hydrogen-bond acceptors (Lipinski definition) is 8. The minimum atomic E-state index is -0.446. The molecule has 0 spiro atoms. The standard InChI is InChI=1S/C23H24N6O4S/c1-3-19(22(30)24-13-6-14-33-2)34-23-25-18-8-5-4-7-17(18)21-26-20(27-28(21)23)15-9-11-16(12-10-15)29(31)32/h4-5,7-12,19H,3,6,13-14H2,1-2H3,(H,24,30). The van der Waals surface area contributed by atoms with Crippen molar-refractivity contribution in [1.82, 2.24) is 24.9 Å². The van der Waals surface area contributed by atoms with E-state index in [2.05, 4.69) is 10.4 Å². The first-order chi connectivity index (χ1) is 16.5. The number of amides is 1. The number of carbonyl (C=O) groups is 1. The van der Waals surface area contributed by atoms with Crippen LogP contribution in [0.4, 0.5) is 5.69 Å². The second kappa shape index (κ2) is 10.6. The van der Waals surface area contributed by atoms with E-state index in [1.54, 1.807) is 23.8 Å². The Hall–Kier alpha value is -3.57. The molecular formula is C23H24N6O4S. The molecule has 4 rings (SSSR count). The van der Waals surface area contributed by atoms with Crippen LogP contribution in [0.5, 0.6) is 0 Å². The number of nitrogens with one attached hydrogen (secondary N) is 1. The highest BCUT2D eigenvalue weighted by molar-refractivity contribution is 8.00. The van der Waals surface area contributed by atoms with Crippen molar-refractivity contribution in [2.75, 3.05) is 20.3 Å². The number of hydrogen-bond donors (Lipinski definition) is 1. The van der Waals surface area contributed by atoms with Gasteiger partial charge in [0.25, 0.3) is 5.69 Å². The number of nitrogens with zero attached hydrogens (tertiary/aromatic N) is 5. The molecule has 1 unspecified atom stereocenters. The number of ether oxygens (including phenoxy) is 1. The van der Waals surface area contributed by atoms with Gasteiger partial charge in [-0.3, -0.25) is 14.9 Å². The summed E-state index contributed by atoms with van der Waals surface area (Å²) in [5.74, 6) is 0.356. The van der Waals surface area contributed by atoms with Crippen LogP contribution in [-0.4, -0.2) is 55.9 Å². The van der Waals surface area contributed by atoms with E-state index in [9.17, 15) is 14.9 Å². The molecule has 1 atom stereocenters. The number of nitro benzene ring substituents is 1. The lowest BCUT2D eigenvalue weighted by Crippen LogP contribution is -2.33. The van der Waals surface area contributed by atoms with Gasteiger partial charge in [-0.1, -0.05) is 30.8 Å². The first-order valence-corrected chi connectivity index (χ1v) is 11.7. The highest BCUT2D eigenvalue weighted by Crippen LogP contribution is 2.30. The molecule has 0 radical (unpaired) electrons. The summed E-state index contributed by atoms with van der Waals surface area (Å²) < 4.78 is 6.68. The lowest BCUT2D eigenvalue weighted by molar-refractivity contribution is -0.384. The molecule has 176 valence electrons. The molecule has 10 nitrogen and oxygen atoms in total. The van der Waals surface area contributed by atoms with Gasteiger partial charge in [-0.05, 0) is 37.1 Å². The van der Waals surface area contributed by atoms with Crippen LogP contribution >= 0.6 is 11.8 Å². The second-order valence-electron chi connectivity index (χ2n) is 7.54. The number of carbonyl (C=O) groups excluding carboxylic acids is 1. The molecule has 0 saturated heterocycles. The van der Waals surface area contributed by atoms with E-state index in [0.717, 1.165) is 17.3 Å². The molecule has 0 aliphatic carbocycles. The molecule has 0 bridgehead atoms. The number of methoxy groups -OCH3 is 1. The molecule has 0 fully saturated rings. The largest absolute Gasteiger partial charge is 0.385 e. The normalized spacial score (nSPS) is 12.2. The molecule has 0 aliphatic rings. The number of para-hydroxylation sites is 1. The average Bonchev–Trinajstić information content (AvgIpc) is 3.31. The molecular weight excluding hydrogens is 456 g/mol. The number of fused-ring (bicyclic) bond motifs is 3. The van der Waals surface area contributed by atoms with Crippen LogP contribution in [-0.2, 0) is 9.53 Å². The third-order valence-electron chi connectivity index (χ3n) is 5.22. The van der Waals surface area contributed by atoms with Gasteiger partial charge in [0.05, 0.1) is 15.7 Å². The van der Waals surface area contributed by atoms with Crippen LogP contribution in [0.1, 0.15) is 19.8 Å². The highest BCUT2D eigenvalue weighted by Gasteiger charge is 2.22. The van der Waals surface area contributed by atoms with Gasteiger partial charge < -0.3 is 10.1 Å². The molecule has 0 saturated carbocycles. The maximum absolute atomic E-state index is 12.8. The smallest absolute Gasteiger partial charge is 0.269 e. The van der Waals surface area contributed by atoms with Gasteiger partial charge in [0.2, 0.25) is 5.91 Å². The molecule has 2 heterocycles. The molecule has 11 heteroatoms. The van der Waals surface area contributed by atoms with Gasteiger partial charge in [-0.15, -0.1) is 5.10 Å². The fraction of sp³-hybridized carbons (Fsp3) is 0.304. The number of benzene rings is 2. The third kappa shape index (κ3) is 5.00. The third-order valence-corrected chi connectivity index (χ3v) is 6.53. The minimum Gasteiger partial charge on any atom is -0.385 e. The van der Waals surface area contributed by atoms with E-state index >= 15 is 0 Å². The average molecular weight is 481 g/mol. The van der Waals surface area contributed by atoms with E-state index in [1.165, 1.54) is 23.9 Å². The Morgan fingerprint density at radius 1 is 1.21 bits per heavy atom. The zero-order valence-corrected chi connectivity index (χ0v) is 19.6. The van der Waals surface area contributed by atoms with Crippen LogP contribution in [0.15, 0.2) is 53.7 Å². The van der Waals surface area contributed by atoms with Crippen LogP contribution < -0.4 is 5.32 Å². The van der Waals surface area contributed by atoms with Crippen LogP contribution in [0.25, 0.3) is 27.9 Å². The Morgan fingerprint density at radius 3 is 2.68 bits per heavy atom. The van der Waals surface area contributed by atoms with Gasteiger partial charge in [0, 0.05) is 43.3 Å². The van der Waals surface area contributed by atoms with Crippen molar-refractivity contribution in [3.63, 3.8) is 0 Å². The fourth-order valence-electron chi connectivity index (χ4n) is 3.45. The highest BCUT2D eigenvalue weighted by atomic mass is 32.2. The van der Waals surface area contributed by atoms with Gasteiger partial charge in [-0.25, -0.2) is 9.97 Å². The number of aromatic nitrogens is 4. The van der Waals surface area contributed by atoms with Gasteiger partial charge >= 0.3 is 0 Å². The van der Waals surface area contributed by atoms with E-state index in [-0.39, 0.29) is 16.8 Å². The Bertz CT molecular complexity index is 1320. The first-order valence-electron chi connectivity index (χ1n) is 10.9. The summed E-state index contributed by atoms with van der Waals surface area (Å²) in [6, 6.07) is 13.7. The van der Waals surface area contributed by atoms with Crippen molar-refractivity contribution >= 4 is 39.9 Å². The summed E-state index contributed by atoms with van der Waals surface area (Å²) in [4.78, 5) is 32.8. The van der Waals surface area contributed by atoms with Gasteiger partial charge in [0.1, 0.15) is 0 Å². The molecule has 2 aromatic heterocycles. The topological polar surface area (TPSA) is 125 Å². The van der Waals surface area contributed by atoms with Crippen molar-refractivity contribution in [3.05, 3.63) is 58.6 Å². The number of rotatable bonds is 10. The molecule has 0 aliphatic heterocycles. The number of thioether (sulfide) groups is 1. The van der Waals surface area contributed by atoms with Crippen molar-refractivity contribution in [1.29, 1.82) is 0 Å². The van der Waals surface area contributed by atoms with Crippen LogP contribution in [0.2, 0.25) is 0 Å². The summed E-state index contributed by atoms with van der Waals surface area (Å²) in [5, 5.41) is 19.6. The van der Waals surface area contributed by atoms with E-state index in [1.807, 2.05) is 31.2 Å². The monoisotopic (exact) mass is 480 g/mol. The Morgan fingerprint density at radius 2 is 1.97 bits per heavy atom. The maximum atomic E-state index is 12.8. The predicted octanol–water partition coefficient (Wildman–Crippen LogP) is 3.88. The van der Waals surface area contributed by atoms with Crippen molar-refractivity contribution in [2.45, 2.75) is 30.2 Å². The zero-order valence-electron chi connectivity index (χ0n) is 18.8. The van der Waals surface area contributed by atoms with E-state index in [0.29, 0.717) is 41.8 Å². The van der Waals surface area contributed by atoms with Crippen molar-refractivity contribution in [2.24, 2.45) is 0 Å². The molecule has 2 aromatic carbocycles. The SMILES string of the molecule is CCC(Sc1nc2ccccc2c2nc(-c3ccc([N+](=O)[O-])cc3)nn12)C(=O)NCCCOC. The summed E-state index contributed by atoms with van der Waals surface area (Å²) in [7, 11) is 1.63. The number of nitro groups is 1. The Labute approximate surface area is 199 Å². The zero-order chi connectivity index (χ0) is 24.1. The van der Waals surface area contributed by atoms with Crippen molar-refractivity contribution in [3.8, 4) is 11.4 Å². The molecule has 1 N–H and O–H groups in total. The lowest BCUT2D eigenvalue weighted by atomic mass is 10.2. The minimum absolute atomic E-state index is 0.00169. The summed E-state index contributed by atoms with van der Waals surface area (Å²) in [6.07, 6.45) is 1.35. The van der Waals surface area contributed by atoms with Crippen LogP contribution in [0.3, 0.4) is 0 Å². The Balaban J connectivity index is 1.70. The summed E-state index contributed by atoms with van der Waals surface area (Å²) in [5.41, 5.74) is 2.00. The predicted molar refractivity (Wildman–Crippen MR) is 130 cm³/mol. The fourth-order valence-corrected chi connectivity index (χ4v) is 4.44. The van der Waals surface area contributed by atoms with Gasteiger partial charge in [-0.2, -0.15) is 4.52 Å². The number of non-ortho nitro benzene ring substituents is 1.